The van der Waals surface area contributed by atoms with Crippen LogP contribution < -0.4 is 15.5 Å². The first kappa shape index (κ1) is 15.0. The van der Waals surface area contributed by atoms with Crippen LogP contribution in [0.2, 0.25) is 0 Å². The van der Waals surface area contributed by atoms with Gasteiger partial charge in [0.15, 0.2) is 5.13 Å². The van der Waals surface area contributed by atoms with Gasteiger partial charge in [-0.05, 0) is 25.1 Å². The van der Waals surface area contributed by atoms with Crippen LogP contribution >= 0.6 is 11.3 Å². The van der Waals surface area contributed by atoms with Gasteiger partial charge in [-0.1, -0.05) is 6.07 Å². The van der Waals surface area contributed by atoms with Crippen molar-refractivity contribution < 1.29 is 9.59 Å². The maximum atomic E-state index is 11.8. The number of benzene rings is 1. The minimum atomic E-state index is -0.736. The average molecular weight is 304 g/mol. The number of nitrogens with one attached hydrogen (secondary N) is 2. The van der Waals surface area contributed by atoms with Gasteiger partial charge in [-0.15, -0.1) is 11.3 Å². The summed E-state index contributed by atoms with van der Waals surface area (Å²) in [6, 6.07) is 7.24. The molecule has 1 heterocycles. The molecular formula is C14H16N4O2S. The summed E-state index contributed by atoms with van der Waals surface area (Å²) in [7, 11) is 3.80. The Hall–Kier alpha value is -2.41. The largest absolute Gasteiger partial charge is 0.378 e. The SMILES string of the molecule is Cc1csc(NC(=O)C(=O)Nc2cccc(N(C)C)c2)n1. The molecule has 0 bridgehead atoms. The van der Waals surface area contributed by atoms with Gasteiger partial charge in [0, 0.05) is 30.9 Å². The molecule has 0 aliphatic heterocycles. The Labute approximate surface area is 126 Å². The number of carbonyl (C=O) groups excluding carboxylic acids is 2. The number of hydrogen-bond acceptors (Lipinski definition) is 5. The van der Waals surface area contributed by atoms with Crippen molar-refractivity contribution in [3.8, 4) is 0 Å². The van der Waals surface area contributed by atoms with Crippen molar-refractivity contribution >= 4 is 39.7 Å². The highest BCUT2D eigenvalue weighted by molar-refractivity contribution is 7.14. The maximum Gasteiger partial charge on any atom is 0.315 e. The second kappa shape index (κ2) is 6.36. The number of carbonyl (C=O) groups is 2. The van der Waals surface area contributed by atoms with Crippen LogP contribution in [0.3, 0.4) is 0 Å². The number of thiazole rings is 1. The Morgan fingerprint density at radius 3 is 2.52 bits per heavy atom. The lowest BCUT2D eigenvalue weighted by atomic mass is 10.2. The summed E-state index contributed by atoms with van der Waals surface area (Å²) in [6.45, 7) is 1.82. The highest BCUT2D eigenvalue weighted by atomic mass is 32.1. The van der Waals surface area contributed by atoms with Gasteiger partial charge in [0.2, 0.25) is 0 Å². The van der Waals surface area contributed by atoms with Crippen LogP contribution in [0.5, 0.6) is 0 Å². The van der Waals surface area contributed by atoms with E-state index in [1.165, 1.54) is 11.3 Å². The van der Waals surface area contributed by atoms with E-state index >= 15 is 0 Å². The van der Waals surface area contributed by atoms with Crippen LogP contribution in [0, 0.1) is 6.92 Å². The van der Waals surface area contributed by atoms with Gasteiger partial charge in [-0.25, -0.2) is 4.98 Å². The lowest BCUT2D eigenvalue weighted by Crippen LogP contribution is -2.29. The van der Waals surface area contributed by atoms with Gasteiger partial charge < -0.3 is 10.2 Å². The van der Waals surface area contributed by atoms with Gasteiger partial charge in [-0.3, -0.25) is 14.9 Å². The van der Waals surface area contributed by atoms with E-state index in [1.807, 2.05) is 38.1 Å². The van der Waals surface area contributed by atoms with E-state index in [-0.39, 0.29) is 0 Å². The summed E-state index contributed by atoms with van der Waals surface area (Å²) >= 11 is 1.28. The number of rotatable bonds is 3. The minimum absolute atomic E-state index is 0.412. The van der Waals surface area contributed by atoms with E-state index in [2.05, 4.69) is 15.6 Å². The number of aromatic nitrogens is 1. The lowest BCUT2D eigenvalue weighted by molar-refractivity contribution is -0.132. The molecule has 2 aromatic rings. The third-order valence-corrected chi connectivity index (χ3v) is 3.54. The van der Waals surface area contributed by atoms with E-state index in [0.717, 1.165) is 11.4 Å². The molecule has 0 radical (unpaired) electrons. The van der Waals surface area contributed by atoms with Crippen LogP contribution in [0.25, 0.3) is 0 Å². The van der Waals surface area contributed by atoms with Crippen molar-refractivity contribution in [1.29, 1.82) is 0 Å². The molecule has 2 amide bonds. The fourth-order valence-electron chi connectivity index (χ4n) is 1.61. The van der Waals surface area contributed by atoms with Crippen molar-refractivity contribution in [2.24, 2.45) is 0 Å². The maximum absolute atomic E-state index is 11.8. The van der Waals surface area contributed by atoms with Crippen LogP contribution in [-0.2, 0) is 9.59 Å². The second-order valence-electron chi connectivity index (χ2n) is 4.65. The molecule has 1 aromatic heterocycles. The van der Waals surface area contributed by atoms with Crippen LogP contribution in [0.4, 0.5) is 16.5 Å². The molecular weight excluding hydrogens is 288 g/mol. The van der Waals surface area contributed by atoms with E-state index < -0.39 is 11.8 Å². The lowest BCUT2D eigenvalue weighted by Gasteiger charge is -2.13. The molecule has 0 aliphatic carbocycles. The fraction of sp³-hybridized carbons (Fsp3) is 0.214. The average Bonchev–Trinajstić information content (AvgIpc) is 2.84. The molecule has 1 aromatic carbocycles. The molecule has 0 aliphatic rings. The van der Waals surface area contributed by atoms with Crippen molar-refractivity contribution in [2.45, 2.75) is 6.92 Å². The van der Waals surface area contributed by atoms with Crippen LogP contribution in [0.15, 0.2) is 29.6 Å². The highest BCUT2D eigenvalue weighted by Gasteiger charge is 2.15. The van der Waals surface area contributed by atoms with Crippen molar-refractivity contribution in [1.82, 2.24) is 4.98 Å². The number of amides is 2. The van der Waals surface area contributed by atoms with E-state index in [4.69, 9.17) is 0 Å². The Kier molecular flexibility index (Phi) is 4.54. The van der Waals surface area contributed by atoms with E-state index in [9.17, 15) is 9.59 Å². The van der Waals surface area contributed by atoms with E-state index in [1.54, 1.807) is 17.5 Å². The Balaban J connectivity index is 2.00. The van der Waals surface area contributed by atoms with Gasteiger partial charge in [-0.2, -0.15) is 0 Å². The molecule has 110 valence electrons. The molecule has 0 unspecified atom stereocenters. The zero-order valence-corrected chi connectivity index (χ0v) is 12.8. The summed E-state index contributed by atoms with van der Waals surface area (Å²) in [5.74, 6) is -1.46. The molecule has 21 heavy (non-hydrogen) atoms. The molecule has 0 saturated heterocycles. The fourth-order valence-corrected chi connectivity index (χ4v) is 2.30. The van der Waals surface area contributed by atoms with Gasteiger partial charge in [0.05, 0.1) is 5.69 Å². The smallest absolute Gasteiger partial charge is 0.315 e. The van der Waals surface area contributed by atoms with Crippen molar-refractivity contribution in [3.63, 3.8) is 0 Å². The molecule has 0 spiro atoms. The summed E-state index contributed by atoms with van der Waals surface area (Å²) in [4.78, 5) is 29.6. The van der Waals surface area contributed by atoms with Crippen LogP contribution in [0.1, 0.15) is 5.69 Å². The first-order valence-electron chi connectivity index (χ1n) is 6.27. The second-order valence-corrected chi connectivity index (χ2v) is 5.51. The third kappa shape index (κ3) is 4.03. The summed E-state index contributed by atoms with van der Waals surface area (Å²) in [6.07, 6.45) is 0. The predicted octanol–water partition coefficient (Wildman–Crippen LogP) is 2.09. The first-order chi connectivity index (χ1) is 9.95. The zero-order valence-electron chi connectivity index (χ0n) is 12.0. The minimum Gasteiger partial charge on any atom is -0.378 e. The summed E-state index contributed by atoms with van der Waals surface area (Å²) < 4.78 is 0. The Bertz CT molecular complexity index is 666. The third-order valence-electron chi connectivity index (χ3n) is 2.67. The Morgan fingerprint density at radius 2 is 1.90 bits per heavy atom. The van der Waals surface area contributed by atoms with E-state index in [0.29, 0.717) is 10.8 Å². The molecule has 7 heteroatoms. The summed E-state index contributed by atoms with van der Waals surface area (Å²) in [5, 5.41) is 7.24. The normalized spacial score (nSPS) is 10.0. The van der Waals surface area contributed by atoms with Gasteiger partial charge >= 0.3 is 11.8 Å². The van der Waals surface area contributed by atoms with Crippen LogP contribution in [-0.4, -0.2) is 30.9 Å². The van der Waals surface area contributed by atoms with Crippen molar-refractivity contribution in [2.75, 3.05) is 29.6 Å². The molecule has 2 rings (SSSR count). The molecule has 6 nitrogen and oxygen atoms in total. The molecule has 0 atom stereocenters. The highest BCUT2D eigenvalue weighted by Crippen LogP contribution is 2.18. The quantitative estimate of drug-likeness (QED) is 0.852. The Morgan fingerprint density at radius 1 is 1.19 bits per heavy atom. The number of nitrogens with zero attached hydrogens (tertiary/aromatic N) is 2. The molecule has 0 fully saturated rings. The molecule has 0 saturated carbocycles. The standard InChI is InChI=1S/C14H16N4O2S/c1-9-8-21-14(15-9)17-13(20)12(19)16-10-5-4-6-11(7-10)18(2)3/h4-8H,1-3H3,(H,16,19)(H,15,17,20). The number of anilines is 3. The topological polar surface area (TPSA) is 74.3 Å². The predicted molar refractivity (Wildman–Crippen MR) is 84.9 cm³/mol. The van der Waals surface area contributed by atoms with Crippen molar-refractivity contribution in [3.05, 3.63) is 35.3 Å². The summed E-state index contributed by atoms with van der Waals surface area (Å²) in [5.41, 5.74) is 2.30. The monoisotopic (exact) mass is 304 g/mol. The first-order valence-corrected chi connectivity index (χ1v) is 7.15. The number of aryl methyl sites for hydroxylation is 1. The van der Waals surface area contributed by atoms with Gasteiger partial charge in [0.25, 0.3) is 0 Å². The molecule has 2 N–H and O–H groups in total. The number of hydrogen-bond donors (Lipinski definition) is 2. The van der Waals surface area contributed by atoms with Gasteiger partial charge in [0.1, 0.15) is 0 Å². The zero-order chi connectivity index (χ0) is 15.4.